The van der Waals surface area contributed by atoms with E-state index >= 15 is 0 Å². The maximum absolute atomic E-state index is 12.9. The van der Waals surface area contributed by atoms with Crippen LogP contribution in [0.25, 0.3) is 0 Å². The predicted octanol–water partition coefficient (Wildman–Crippen LogP) is 2.12. The highest BCUT2D eigenvalue weighted by atomic mass is 19.1. The van der Waals surface area contributed by atoms with E-state index in [1.807, 2.05) is 13.0 Å². The van der Waals surface area contributed by atoms with E-state index in [0.29, 0.717) is 5.69 Å². The van der Waals surface area contributed by atoms with Gasteiger partial charge in [-0.3, -0.25) is 0 Å². The van der Waals surface area contributed by atoms with Gasteiger partial charge in [0, 0.05) is 14.2 Å². The molecule has 17 heavy (non-hydrogen) atoms. The van der Waals surface area contributed by atoms with Gasteiger partial charge in [-0.1, -0.05) is 0 Å². The van der Waals surface area contributed by atoms with Crippen molar-refractivity contribution < 1.29 is 13.9 Å². The number of nitrogens with one attached hydrogen (secondary N) is 1. The van der Waals surface area contributed by atoms with Gasteiger partial charge in [-0.15, -0.1) is 0 Å². The first-order valence-corrected chi connectivity index (χ1v) is 5.14. The third-order valence-corrected chi connectivity index (χ3v) is 2.36. The van der Waals surface area contributed by atoms with Crippen LogP contribution in [0, 0.1) is 17.1 Å². The van der Waals surface area contributed by atoms with Gasteiger partial charge in [-0.25, -0.2) is 4.39 Å². The zero-order valence-electron chi connectivity index (χ0n) is 10.0. The van der Waals surface area contributed by atoms with Crippen LogP contribution >= 0.6 is 0 Å². The number of ether oxygens (including phenoxy) is 2. The van der Waals surface area contributed by atoms with Gasteiger partial charge in [0.15, 0.2) is 6.29 Å². The summed E-state index contributed by atoms with van der Waals surface area (Å²) in [4.78, 5) is 0. The molecule has 5 heteroatoms. The smallest absolute Gasteiger partial charge is 0.176 e. The highest BCUT2D eigenvalue weighted by molar-refractivity contribution is 5.57. The fourth-order valence-corrected chi connectivity index (χ4v) is 1.55. The van der Waals surface area contributed by atoms with Crippen molar-refractivity contribution in [1.29, 1.82) is 5.26 Å². The Morgan fingerprint density at radius 1 is 1.35 bits per heavy atom. The summed E-state index contributed by atoms with van der Waals surface area (Å²) in [6.07, 6.45) is -0.438. The first-order valence-electron chi connectivity index (χ1n) is 5.14. The average Bonchev–Trinajstić information content (AvgIpc) is 2.33. The van der Waals surface area contributed by atoms with E-state index in [9.17, 15) is 4.39 Å². The number of benzene rings is 1. The van der Waals surface area contributed by atoms with Crippen molar-refractivity contribution in [2.75, 3.05) is 19.5 Å². The number of hydrogen-bond acceptors (Lipinski definition) is 4. The molecule has 0 aromatic heterocycles. The number of halogens is 1. The molecule has 4 nitrogen and oxygen atoms in total. The molecule has 1 aromatic carbocycles. The van der Waals surface area contributed by atoms with Crippen LogP contribution in [0.15, 0.2) is 18.2 Å². The monoisotopic (exact) mass is 238 g/mol. The SMILES string of the molecule is COC(OC)C(C)Nc1ccc(F)cc1C#N. The van der Waals surface area contributed by atoms with Gasteiger partial charge in [0.1, 0.15) is 11.9 Å². The summed E-state index contributed by atoms with van der Waals surface area (Å²) in [7, 11) is 3.06. The molecular weight excluding hydrogens is 223 g/mol. The lowest BCUT2D eigenvalue weighted by molar-refractivity contribution is -0.109. The Morgan fingerprint density at radius 2 is 2.00 bits per heavy atom. The van der Waals surface area contributed by atoms with Gasteiger partial charge < -0.3 is 14.8 Å². The predicted molar refractivity (Wildman–Crippen MR) is 62.0 cm³/mol. The Labute approximate surface area is 100.0 Å². The quantitative estimate of drug-likeness (QED) is 0.798. The van der Waals surface area contributed by atoms with Crippen LogP contribution in [-0.2, 0) is 9.47 Å². The highest BCUT2D eigenvalue weighted by Gasteiger charge is 2.16. The minimum Gasteiger partial charge on any atom is -0.376 e. The summed E-state index contributed by atoms with van der Waals surface area (Å²) in [5.74, 6) is -0.435. The topological polar surface area (TPSA) is 54.3 Å². The van der Waals surface area contributed by atoms with Crippen molar-refractivity contribution in [2.45, 2.75) is 19.3 Å². The van der Waals surface area contributed by atoms with Gasteiger partial charge in [0.05, 0.1) is 17.3 Å². The maximum atomic E-state index is 12.9. The summed E-state index contributed by atoms with van der Waals surface area (Å²) in [5, 5.41) is 11.9. The molecule has 0 aliphatic rings. The van der Waals surface area contributed by atoms with Crippen LogP contribution in [0.4, 0.5) is 10.1 Å². The van der Waals surface area contributed by atoms with Crippen LogP contribution in [0.3, 0.4) is 0 Å². The summed E-state index contributed by atoms with van der Waals surface area (Å²) < 4.78 is 23.1. The van der Waals surface area contributed by atoms with Crippen molar-refractivity contribution in [2.24, 2.45) is 0 Å². The van der Waals surface area contributed by atoms with E-state index < -0.39 is 12.1 Å². The number of methoxy groups -OCH3 is 2. The summed E-state index contributed by atoms with van der Waals surface area (Å²) in [6.45, 7) is 1.85. The van der Waals surface area contributed by atoms with Crippen LogP contribution < -0.4 is 5.32 Å². The molecule has 1 unspecified atom stereocenters. The number of anilines is 1. The molecule has 0 saturated carbocycles. The Morgan fingerprint density at radius 3 is 2.53 bits per heavy atom. The number of rotatable bonds is 5. The van der Waals surface area contributed by atoms with Crippen molar-refractivity contribution in [3.63, 3.8) is 0 Å². The third-order valence-electron chi connectivity index (χ3n) is 2.36. The fraction of sp³-hybridized carbons (Fsp3) is 0.417. The largest absolute Gasteiger partial charge is 0.376 e. The molecule has 1 N–H and O–H groups in total. The van der Waals surface area contributed by atoms with Gasteiger partial charge in [-0.2, -0.15) is 5.26 Å². The van der Waals surface area contributed by atoms with E-state index in [2.05, 4.69) is 5.32 Å². The zero-order valence-corrected chi connectivity index (χ0v) is 10.0. The molecule has 0 amide bonds. The van der Waals surface area contributed by atoms with Crippen molar-refractivity contribution >= 4 is 5.69 Å². The number of nitriles is 1. The average molecular weight is 238 g/mol. The lowest BCUT2D eigenvalue weighted by Crippen LogP contribution is -2.34. The lowest BCUT2D eigenvalue weighted by atomic mass is 10.1. The van der Waals surface area contributed by atoms with Gasteiger partial charge >= 0.3 is 0 Å². The van der Waals surface area contributed by atoms with Gasteiger partial charge in [-0.05, 0) is 25.1 Å². The van der Waals surface area contributed by atoms with E-state index in [1.165, 1.54) is 32.4 Å². The first kappa shape index (κ1) is 13.4. The Kier molecular flexibility index (Phi) is 4.88. The molecule has 1 aromatic rings. The van der Waals surface area contributed by atoms with Crippen molar-refractivity contribution in [1.82, 2.24) is 0 Å². The highest BCUT2D eigenvalue weighted by Crippen LogP contribution is 2.18. The van der Waals surface area contributed by atoms with Crippen LogP contribution in [0.5, 0.6) is 0 Å². The molecule has 92 valence electrons. The molecule has 1 rings (SSSR count). The lowest BCUT2D eigenvalue weighted by Gasteiger charge is -2.23. The number of hydrogen-bond donors (Lipinski definition) is 1. The molecule has 0 saturated heterocycles. The maximum Gasteiger partial charge on any atom is 0.176 e. The Hall–Kier alpha value is -1.64. The minimum absolute atomic E-state index is 0.164. The summed E-state index contributed by atoms with van der Waals surface area (Å²) in [5.41, 5.74) is 0.809. The standard InChI is InChI=1S/C12H15FN2O2/c1-8(12(16-2)17-3)15-11-5-4-10(13)6-9(11)7-14/h4-6,8,12,15H,1-3H3. The molecule has 0 radical (unpaired) electrons. The Balaban J connectivity index is 2.85. The van der Waals surface area contributed by atoms with E-state index in [4.69, 9.17) is 14.7 Å². The van der Waals surface area contributed by atoms with E-state index in [1.54, 1.807) is 0 Å². The molecular formula is C12H15FN2O2. The van der Waals surface area contributed by atoms with Gasteiger partial charge in [0.25, 0.3) is 0 Å². The molecule has 0 heterocycles. The second kappa shape index (κ2) is 6.18. The van der Waals surface area contributed by atoms with Crippen molar-refractivity contribution in [3.8, 4) is 6.07 Å². The molecule has 1 atom stereocenters. The Bertz CT molecular complexity index is 413. The van der Waals surface area contributed by atoms with Crippen LogP contribution in [0.1, 0.15) is 12.5 Å². The van der Waals surface area contributed by atoms with E-state index in [0.717, 1.165) is 0 Å². The molecule has 0 spiro atoms. The number of nitrogens with zero attached hydrogens (tertiary/aromatic N) is 1. The van der Waals surface area contributed by atoms with E-state index in [-0.39, 0.29) is 11.6 Å². The molecule has 0 aliphatic heterocycles. The second-order valence-electron chi connectivity index (χ2n) is 3.57. The van der Waals surface area contributed by atoms with Gasteiger partial charge in [0.2, 0.25) is 0 Å². The summed E-state index contributed by atoms with van der Waals surface area (Å²) in [6, 6.07) is 5.77. The van der Waals surface area contributed by atoms with Crippen LogP contribution in [0.2, 0.25) is 0 Å². The molecule has 0 aliphatic carbocycles. The second-order valence-corrected chi connectivity index (χ2v) is 3.57. The molecule has 0 bridgehead atoms. The molecule has 0 fully saturated rings. The normalized spacial score (nSPS) is 12.2. The van der Waals surface area contributed by atoms with Crippen molar-refractivity contribution in [3.05, 3.63) is 29.6 Å². The van der Waals surface area contributed by atoms with Crippen LogP contribution in [-0.4, -0.2) is 26.6 Å². The summed E-state index contributed by atoms with van der Waals surface area (Å²) >= 11 is 0. The fourth-order valence-electron chi connectivity index (χ4n) is 1.55. The minimum atomic E-state index is -0.438. The zero-order chi connectivity index (χ0) is 12.8. The first-order chi connectivity index (χ1) is 8.12. The third kappa shape index (κ3) is 3.41.